The summed E-state index contributed by atoms with van der Waals surface area (Å²) in [6, 6.07) is 4.57. The zero-order valence-electron chi connectivity index (χ0n) is 14.9. The molecular weight excluding hydrogens is 364 g/mol. The van der Waals surface area contributed by atoms with E-state index >= 15 is 0 Å². The van der Waals surface area contributed by atoms with E-state index in [1.807, 2.05) is 6.92 Å². The SMILES string of the molecule is Cc1nc2c(cc(OCC(=O)N3CCC4CCCCC43)c3ccsc32)s1. The molecule has 2 atom stereocenters. The van der Waals surface area contributed by atoms with Gasteiger partial charge in [0.1, 0.15) is 5.75 Å². The Morgan fingerprint density at radius 1 is 1.35 bits per heavy atom. The van der Waals surface area contributed by atoms with Crippen molar-refractivity contribution in [2.75, 3.05) is 13.2 Å². The number of aromatic nitrogens is 1. The van der Waals surface area contributed by atoms with Gasteiger partial charge < -0.3 is 9.64 Å². The fourth-order valence-corrected chi connectivity index (χ4v) is 6.48. The number of aryl methyl sites for hydroxylation is 1. The van der Waals surface area contributed by atoms with Crippen molar-refractivity contribution in [1.29, 1.82) is 0 Å². The molecule has 26 heavy (non-hydrogen) atoms. The molecule has 1 amide bonds. The standard InChI is InChI=1S/C20H22N2O2S2/c1-12-21-19-17(26-12)10-16(14-7-9-25-20(14)19)24-11-18(23)22-8-6-13-4-2-3-5-15(13)22/h7,9-10,13,15H,2-6,8,11H2,1H3. The average Bonchev–Trinajstić information content (AvgIpc) is 3.35. The first kappa shape index (κ1) is 16.5. The first-order valence-electron chi connectivity index (χ1n) is 9.40. The molecular formula is C20H22N2O2S2. The van der Waals surface area contributed by atoms with Crippen LogP contribution in [0.4, 0.5) is 0 Å². The highest BCUT2D eigenvalue weighted by Crippen LogP contribution is 2.39. The van der Waals surface area contributed by atoms with Crippen molar-refractivity contribution in [2.45, 2.75) is 45.1 Å². The number of hydrogen-bond donors (Lipinski definition) is 0. The third kappa shape index (κ3) is 2.70. The minimum atomic E-state index is 0.136. The Bertz CT molecular complexity index is 977. The zero-order chi connectivity index (χ0) is 17.7. The summed E-state index contributed by atoms with van der Waals surface area (Å²) in [5, 5.41) is 4.20. The van der Waals surface area contributed by atoms with Crippen LogP contribution in [0, 0.1) is 12.8 Å². The van der Waals surface area contributed by atoms with Crippen LogP contribution in [0.3, 0.4) is 0 Å². The number of fused-ring (bicyclic) bond motifs is 4. The number of amides is 1. The number of thiazole rings is 1. The summed E-state index contributed by atoms with van der Waals surface area (Å²) in [4.78, 5) is 19.6. The normalized spacial score (nSPS) is 22.9. The van der Waals surface area contributed by atoms with Crippen LogP contribution in [0.1, 0.15) is 37.1 Å². The first-order chi connectivity index (χ1) is 12.7. The van der Waals surface area contributed by atoms with Gasteiger partial charge in [0, 0.05) is 24.0 Å². The highest BCUT2D eigenvalue weighted by atomic mass is 32.1. The molecule has 136 valence electrons. The summed E-state index contributed by atoms with van der Waals surface area (Å²) in [6.45, 7) is 3.07. The van der Waals surface area contributed by atoms with Crippen LogP contribution in [-0.4, -0.2) is 35.0 Å². The maximum atomic E-state index is 12.8. The van der Waals surface area contributed by atoms with E-state index in [4.69, 9.17) is 4.74 Å². The summed E-state index contributed by atoms with van der Waals surface area (Å²) in [5.74, 6) is 1.67. The van der Waals surface area contributed by atoms with Crippen LogP contribution in [0.2, 0.25) is 0 Å². The van der Waals surface area contributed by atoms with Gasteiger partial charge in [0.05, 0.1) is 19.9 Å². The van der Waals surface area contributed by atoms with Gasteiger partial charge in [-0.05, 0) is 43.6 Å². The van der Waals surface area contributed by atoms with Gasteiger partial charge in [-0.3, -0.25) is 4.79 Å². The highest BCUT2D eigenvalue weighted by Gasteiger charge is 2.38. The molecule has 2 aromatic heterocycles. The van der Waals surface area contributed by atoms with E-state index in [0.29, 0.717) is 12.0 Å². The lowest BCUT2D eigenvalue weighted by atomic mass is 9.85. The number of rotatable bonds is 3. The number of benzene rings is 1. The fourth-order valence-electron chi connectivity index (χ4n) is 4.64. The molecule has 0 bridgehead atoms. The third-order valence-electron chi connectivity index (χ3n) is 5.85. The lowest BCUT2D eigenvalue weighted by Crippen LogP contribution is -2.41. The predicted octanol–water partition coefficient (Wildman–Crippen LogP) is 4.99. The van der Waals surface area contributed by atoms with Gasteiger partial charge >= 0.3 is 0 Å². The van der Waals surface area contributed by atoms with Crippen LogP contribution in [0.5, 0.6) is 5.75 Å². The number of carbonyl (C=O) groups excluding carboxylic acids is 1. The summed E-state index contributed by atoms with van der Waals surface area (Å²) in [5.41, 5.74) is 1.06. The Morgan fingerprint density at radius 2 is 2.23 bits per heavy atom. The maximum absolute atomic E-state index is 12.8. The molecule has 0 radical (unpaired) electrons. The second-order valence-electron chi connectivity index (χ2n) is 7.39. The van der Waals surface area contributed by atoms with Crippen molar-refractivity contribution in [1.82, 2.24) is 9.88 Å². The van der Waals surface area contributed by atoms with Gasteiger partial charge in [-0.25, -0.2) is 4.98 Å². The Hall–Kier alpha value is -1.66. The summed E-state index contributed by atoms with van der Waals surface area (Å²) in [7, 11) is 0. The highest BCUT2D eigenvalue weighted by molar-refractivity contribution is 7.21. The molecule has 4 nitrogen and oxygen atoms in total. The van der Waals surface area contributed by atoms with Crippen LogP contribution >= 0.6 is 22.7 Å². The molecule has 2 aliphatic rings. The van der Waals surface area contributed by atoms with Crippen molar-refractivity contribution in [3.63, 3.8) is 0 Å². The Balaban J connectivity index is 1.37. The van der Waals surface area contributed by atoms with Gasteiger partial charge in [0.25, 0.3) is 5.91 Å². The molecule has 1 saturated carbocycles. The van der Waals surface area contributed by atoms with E-state index in [1.54, 1.807) is 22.7 Å². The number of nitrogens with zero attached hydrogens (tertiary/aromatic N) is 2. The van der Waals surface area contributed by atoms with Crippen molar-refractivity contribution in [2.24, 2.45) is 5.92 Å². The smallest absolute Gasteiger partial charge is 0.260 e. The lowest BCUT2D eigenvalue weighted by Gasteiger charge is -2.31. The maximum Gasteiger partial charge on any atom is 0.260 e. The quantitative estimate of drug-likeness (QED) is 0.637. The Morgan fingerprint density at radius 3 is 3.15 bits per heavy atom. The van der Waals surface area contributed by atoms with E-state index in [9.17, 15) is 4.79 Å². The molecule has 2 unspecified atom stereocenters. The van der Waals surface area contributed by atoms with Crippen LogP contribution in [-0.2, 0) is 4.79 Å². The van der Waals surface area contributed by atoms with E-state index in [1.165, 1.54) is 19.3 Å². The number of hydrogen-bond acceptors (Lipinski definition) is 5. The molecule has 6 heteroatoms. The van der Waals surface area contributed by atoms with E-state index in [0.717, 1.165) is 50.4 Å². The second kappa shape index (κ2) is 6.50. The molecule has 1 aliphatic heterocycles. The van der Waals surface area contributed by atoms with Gasteiger partial charge in [0.15, 0.2) is 6.61 Å². The van der Waals surface area contributed by atoms with Gasteiger partial charge in [-0.1, -0.05) is 12.8 Å². The minimum Gasteiger partial charge on any atom is -0.483 e. The van der Waals surface area contributed by atoms with Crippen LogP contribution in [0.15, 0.2) is 17.5 Å². The topological polar surface area (TPSA) is 42.4 Å². The molecule has 5 rings (SSSR count). The molecule has 2 fully saturated rings. The van der Waals surface area contributed by atoms with Crippen molar-refractivity contribution in [3.8, 4) is 5.75 Å². The minimum absolute atomic E-state index is 0.136. The first-order valence-corrected chi connectivity index (χ1v) is 11.1. The molecule has 0 N–H and O–H groups in total. The van der Waals surface area contributed by atoms with E-state index in [2.05, 4.69) is 27.4 Å². The number of likely N-dealkylation sites (tertiary alicyclic amines) is 1. The number of carbonyl (C=O) groups is 1. The zero-order valence-corrected chi connectivity index (χ0v) is 16.5. The average molecular weight is 387 g/mol. The fraction of sp³-hybridized carbons (Fsp3) is 0.500. The molecule has 3 heterocycles. The third-order valence-corrected chi connectivity index (χ3v) is 7.69. The van der Waals surface area contributed by atoms with Gasteiger partial charge in [-0.15, -0.1) is 22.7 Å². The number of ether oxygens (including phenoxy) is 1. The van der Waals surface area contributed by atoms with Gasteiger partial charge in [0.2, 0.25) is 0 Å². The molecule has 1 saturated heterocycles. The number of thiophene rings is 1. The molecule has 1 aromatic carbocycles. The van der Waals surface area contributed by atoms with Crippen LogP contribution < -0.4 is 4.74 Å². The predicted molar refractivity (Wildman–Crippen MR) is 107 cm³/mol. The lowest BCUT2D eigenvalue weighted by molar-refractivity contribution is -0.134. The van der Waals surface area contributed by atoms with Crippen LogP contribution in [0.25, 0.3) is 20.3 Å². The van der Waals surface area contributed by atoms with Gasteiger partial charge in [-0.2, -0.15) is 0 Å². The van der Waals surface area contributed by atoms with Crippen molar-refractivity contribution in [3.05, 3.63) is 22.5 Å². The van der Waals surface area contributed by atoms with E-state index < -0.39 is 0 Å². The molecule has 3 aromatic rings. The Kier molecular flexibility index (Phi) is 4.13. The largest absolute Gasteiger partial charge is 0.483 e. The monoisotopic (exact) mass is 386 g/mol. The second-order valence-corrected chi connectivity index (χ2v) is 9.54. The molecule has 1 aliphatic carbocycles. The summed E-state index contributed by atoms with van der Waals surface area (Å²) in [6.07, 6.45) is 6.19. The van der Waals surface area contributed by atoms with E-state index in [-0.39, 0.29) is 12.5 Å². The Labute approximate surface area is 160 Å². The molecule has 0 spiro atoms. The summed E-state index contributed by atoms with van der Waals surface area (Å²) >= 11 is 3.37. The van der Waals surface area contributed by atoms with Crippen molar-refractivity contribution >= 4 is 48.9 Å². The van der Waals surface area contributed by atoms with Crippen molar-refractivity contribution < 1.29 is 9.53 Å². The summed E-state index contributed by atoms with van der Waals surface area (Å²) < 4.78 is 8.33.